The molecule has 1 atom stereocenters. The number of likely N-dealkylation sites (N-methyl/N-ethyl adjacent to an activating group) is 1. The highest BCUT2D eigenvalue weighted by Gasteiger charge is 2.29. The van der Waals surface area contributed by atoms with Crippen LogP contribution in [0.2, 0.25) is 0 Å². The van der Waals surface area contributed by atoms with Gasteiger partial charge < -0.3 is 10.2 Å². The van der Waals surface area contributed by atoms with Gasteiger partial charge in [0.25, 0.3) is 0 Å². The fourth-order valence-corrected chi connectivity index (χ4v) is 5.26. The first-order chi connectivity index (χ1) is 16.8. The third-order valence-electron chi connectivity index (χ3n) is 5.97. The van der Waals surface area contributed by atoms with Crippen molar-refractivity contribution in [3.63, 3.8) is 0 Å². The van der Waals surface area contributed by atoms with Crippen LogP contribution in [-0.4, -0.2) is 49.8 Å². The summed E-state index contributed by atoms with van der Waals surface area (Å²) in [4.78, 5) is 30.9. The summed E-state index contributed by atoms with van der Waals surface area (Å²) in [6, 6.07) is 18.5. The van der Waals surface area contributed by atoms with E-state index in [1.807, 2.05) is 48.5 Å². The number of nitrogens with one attached hydrogen (secondary N) is 2. The van der Waals surface area contributed by atoms with Crippen LogP contribution in [0.1, 0.15) is 23.2 Å². The summed E-state index contributed by atoms with van der Waals surface area (Å²) in [7, 11) is -2.33. The Labute approximate surface area is 205 Å². The molecule has 2 heterocycles. The Morgan fingerprint density at radius 2 is 1.86 bits per heavy atom. The van der Waals surface area contributed by atoms with Crippen LogP contribution >= 0.6 is 0 Å². The summed E-state index contributed by atoms with van der Waals surface area (Å²) in [5.74, 6) is -0.410. The van der Waals surface area contributed by atoms with Crippen molar-refractivity contribution in [1.29, 1.82) is 0 Å². The maximum absolute atomic E-state index is 13.4. The number of benzene rings is 2. The predicted molar refractivity (Wildman–Crippen MR) is 133 cm³/mol. The SMILES string of the molecule is CN(CCc1ccccn1)C(=O)C(Cc1ccccc1)NS(=O)(=O)c1ccc2c(c1)CCC(=O)N2. The van der Waals surface area contributed by atoms with Crippen LogP contribution in [0.4, 0.5) is 5.69 Å². The molecule has 2 aromatic carbocycles. The molecule has 9 heteroatoms. The summed E-state index contributed by atoms with van der Waals surface area (Å²) in [6.07, 6.45) is 3.25. The first-order valence-electron chi connectivity index (χ1n) is 11.5. The van der Waals surface area contributed by atoms with Gasteiger partial charge in [0, 0.05) is 44.0 Å². The third-order valence-corrected chi connectivity index (χ3v) is 7.44. The standard InChI is InChI=1S/C26H28N4O4S/c1-30(16-14-21-9-5-6-15-27-21)26(32)24(17-19-7-3-2-4-8-19)29-35(33,34)22-11-12-23-20(18-22)10-13-25(31)28-23/h2-9,11-12,15,18,24,29H,10,13-14,16-17H2,1H3,(H,28,31). The number of fused-ring (bicyclic) bond motifs is 1. The summed E-state index contributed by atoms with van der Waals surface area (Å²) >= 11 is 0. The monoisotopic (exact) mass is 492 g/mol. The largest absolute Gasteiger partial charge is 0.344 e. The van der Waals surface area contributed by atoms with Gasteiger partial charge in [-0.2, -0.15) is 4.72 Å². The molecule has 0 aliphatic carbocycles. The first kappa shape index (κ1) is 24.6. The average Bonchev–Trinajstić information content (AvgIpc) is 2.87. The molecule has 182 valence electrons. The summed E-state index contributed by atoms with van der Waals surface area (Å²) in [5.41, 5.74) is 3.07. The Bertz CT molecular complexity index is 1300. The van der Waals surface area contributed by atoms with Gasteiger partial charge in [-0.05, 0) is 54.3 Å². The van der Waals surface area contributed by atoms with Gasteiger partial charge in [-0.1, -0.05) is 36.4 Å². The van der Waals surface area contributed by atoms with Crippen molar-refractivity contribution in [3.8, 4) is 0 Å². The second-order valence-corrected chi connectivity index (χ2v) is 10.3. The number of anilines is 1. The Kier molecular flexibility index (Phi) is 7.57. The van der Waals surface area contributed by atoms with Crippen molar-refractivity contribution in [1.82, 2.24) is 14.6 Å². The van der Waals surface area contributed by atoms with E-state index >= 15 is 0 Å². The molecule has 1 aliphatic rings. The van der Waals surface area contributed by atoms with Gasteiger partial charge in [0.2, 0.25) is 21.8 Å². The minimum Gasteiger partial charge on any atom is -0.344 e. The molecule has 0 bridgehead atoms. The van der Waals surface area contributed by atoms with E-state index < -0.39 is 16.1 Å². The van der Waals surface area contributed by atoms with E-state index in [1.165, 1.54) is 11.0 Å². The van der Waals surface area contributed by atoms with Gasteiger partial charge in [0.05, 0.1) is 4.90 Å². The van der Waals surface area contributed by atoms with Crippen molar-refractivity contribution in [2.45, 2.75) is 36.6 Å². The minimum atomic E-state index is -3.99. The summed E-state index contributed by atoms with van der Waals surface area (Å²) < 4.78 is 29.3. The van der Waals surface area contributed by atoms with E-state index in [-0.39, 0.29) is 23.1 Å². The highest BCUT2D eigenvalue weighted by atomic mass is 32.2. The van der Waals surface area contributed by atoms with Gasteiger partial charge in [-0.15, -0.1) is 0 Å². The zero-order valence-corrected chi connectivity index (χ0v) is 20.3. The van der Waals surface area contributed by atoms with Crippen molar-refractivity contribution >= 4 is 27.5 Å². The second-order valence-electron chi connectivity index (χ2n) is 8.56. The molecule has 0 fully saturated rings. The molecule has 4 rings (SSSR count). The molecule has 0 radical (unpaired) electrons. The van der Waals surface area contributed by atoms with Crippen LogP contribution in [0.3, 0.4) is 0 Å². The number of nitrogens with zero attached hydrogens (tertiary/aromatic N) is 2. The smallest absolute Gasteiger partial charge is 0.241 e. The Morgan fingerprint density at radius 3 is 2.60 bits per heavy atom. The van der Waals surface area contributed by atoms with Crippen molar-refractivity contribution in [3.05, 3.63) is 89.7 Å². The third kappa shape index (κ3) is 6.32. The molecule has 1 unspecified atom stereocenters. The van der Waals surface area contributed by atoms with E-state index in [2.05, 4.69) is 15.0 Å². The first-order valence-corrected chi connectivity index (χ1v) is 12.9. The lowest BCUT2D eigenvalue weighted by atomic mass is 10.0. The highest BCUT2D eigenvalue weighted by Crippen LogP contribution is 2.25. The quantitative estimate of drug-likeness (QED) is 0.477. The minimum absolute atomic E-state index is 0.0643. The van der Waals surface area contributed by atoms with E-state index in [1.54, 1.807) is 25.4 Å². The van der Waals surface area contributed by atoms with Gasteiger partial charge >= 0.3 is 0 Å². The Morgan fingerprint density at radius 1 is 1.09 bits per heavy atom. The number of hydrogen-bond donors (Lipinski definition) is 2. The molecule has 2 amide bonds. The lowest BCUT2D eigenvalue weighted by molar-refractivity contribution is -0.131. The molecule has 35 heavy (non-hydrogen) atoms. The van der Waals surface area contributed by atoms with Crippen molar-refractivity contribution in [2.75, 3.05) is 18.9 Å². The fraction of sp³-hybridized carbons (Fsp3) is 0.269. The topological polar surface area (TPSA) is 108 Å². The van der Waals surface area contributed by atoms with Gasteiger partial charge in [0.1, 0.15) is 6.04 Å². The van der Waals surface area contributed by atoms with E-state index in [0.29, 0.717) is 31.5 Å². The van der Waals surface area contributed by atoms with Gasteiger partial charge in [-0.3, -0.25) is 14.6 Å². The maximum atomic E-state index is 13.4. The van der Waals surface area contributed by atoms with E-state index in [9.17, 15) is 18.0 Å². The molecular weight excluding hydrogens is 464 g/mol. The van der Waals surface area contributed by atoms with Crippen LogP contribution in [0.25, 0.3) is 0 Å². The zero-order chi connectivity index (χ0) is 24.8. The number of carbonyl (C=O) groups is 2. The fourth-order valence-electron chi connectivity index (χ4n) is 4.02. The normalized spacial score (nSPS) is 14.0. The van der Waals surface area contributed by atoms with Gasteiger partial charge in [-0.25, -0.2) is 8.42 Å². The number of amides is 2. The number of aromatic nitrogens is 1. The van der Waals surface area contributed by atoms with Crippen LogP contribution in [0, 0.1) is 0 Å². The zero-order valence-electron chi connectivity index (χ0n) is 19.5. The molecule has 0 spiro atoms. The lowest BCUT2D eigenvalue weighted by Gasteiger charge is -2.25. The molecule has 0 saturated heterocycles. The number of rotatable bonds is 9. The second kappa shape index (κ2) is 10.8. The summed E-state index contributed by atoms with van der Waals surface area (Å²) in [6.45, 7) is 0.404. The van der Waals surface area contributed by atoms with Crippen molar-refractivity contribution in [2.24, 2.45) is 0 Å². The van der Waals surface area contributed by atoms with Crippen LogP contribution in [0.5, 0.6) is 0 Å². The van der Waals surface area contributed by atoms with Crippen LogP contribution in [0.15, 0.2) is 77.8 Å². The molecule has 3 aromatic rings. The number of carbonyl (C=O) groups excluding carboxylic acids is 2. The van der Waals surface area contributed by atoms with Gasteiger partial charge in [0.15, 0.2) is 0 Å². The van der Waals surface area contributed by atoms with Crippen molar-refractivity contribution < 1.29 is 18.0 Å². The Balaban J connectivity index is 1.54. The van der Waals surface area contributed by atoms with E-state index in [4.69, 9.17) is 0 Å². The van der Waals surface area contributed by atoms with Crippen LogP contribution in [-0.2, 0) is 38.9 Å². The summed E-state index contributed by atoms with van der Waals surface area (Å²) in [5, 5.41) is 2.75. The molecular formula is C26H28N4O4S. The molecule has 0 saturated carbocycles. The predicted octanol–water partition coefficient (Wildman–Crippen LogP) is 2.56. The number of aryl methyl sites for hydroxylation is 1. The highest BCUT2D eigenvalue weighted by molar-refractivity contribution is 7.89. The number of hydrogen-bond acceptors (Lipinski definition) is 5. The Hall–Kier alpha value is -3.56. The molecule has 2 N–H and O–H groups in total. The maximum Gasteiger partial charge on any atom is 0.241 e. The molecule has 8 nitrogen and oxygen atoms in total. The lowest BCUT2D eigenvalue weighted by Crippen LogP contribution is -2.49. The molecule has 1 aromatic heterocycles. The number of pyridine rings is 1. The molecule has 1 aliphatic heterocycles. The van der Waals surface area contributed by atoms with E-state index in [0.717, 1.165) is 16.8 Å². The number of sulfonamides is 1. The van der Waals surface area contributed by atoms with Crippen LogP contribution < -0.4 is 10.0 Å². The average molecular weight is 493 g/mol.